The van der Waals surface area contributed by atoms with Crippen LogP contribution in [0, 0.1) is 13.8 Å². The summed E-state index contributed by atoms with van der Waals surface area (Å²) in [6.07, 6.45) is 0.329. The average molecular weight is 297 g/mol. The van der Waals surface area contributed by atoms with E-state index in [1.54, 1.807) is 6.92 Å². The highest BCUT2D eigenvalue weighted by Gasteiger charge is 2.17. The highest BCUT2D eigenvalue weighted by Crippen LogP contribution is 2.22. The lowest BCUT2D eigenvalue weighted by atomic mass is 10.1. The molecule has 0 aliphatic heterocycles. The molecule has 0 bridgehead atoms. The topological polar surface area (TPSA) is 38.3 Å². The normalized spacial score (nSPS) is 11.8. The SMILES string of the molecule is CCc1cccc(C)c1NC(=O)C(C)Oc1cccc(C)c1. The van der Waals surface area contributed by atoms with Crippen molar-refractivity contribution in [2.24, 2.45) is 0 Å². The first kappa shape index (κ1) is 16.1. The number of aryl methyl sites for hydroxylation is 3. The summed E-state index contributed by atoms with van der Waals surface area (Å²) in [6.45, 7) is 7.85. The van der Waals surface area contributed by atoms with Gasteiger partial charge in [-0.3, -0.25) is 4.79 Å². The van der Waals surface area contributed by atoms with Crippen LogP contribution in [0.2, 0.25) is 0 Å². The highest BCUT2D eigenvalue weighted by molar-refractivity contribution is 5.95. The van der Waals surface area contributed by atoms with Crippen molar-refractivity contribution >= 4 is 11.6 Å². The second-order valence-corrected chi connectivity index (χ2v) is 5.53. The fourth-order valence-corrected chi connectivity index (χ4v) is 2.37. The minimum atomic E-state index is -0.550. The summed E-state index contributed by atoms with van der Waals surface area (Å²) in [5, 5.41) is 3.00. The molecule has 2 rings (SSSR count). The molecular formula is C19H23NO2. The van der Waals surface area contributed by atoms with Crippen LogP contribution in [0.3, 0.4) is 0 Å². The van der Waals surface area contributed by atoms with E-state index < -0.39 is 6.10 Å². The Bertz CT molecular complexity index is 664. The number of hydrogen-bond acceptors (Lipinski definition) is 2. The Hall–Kier alpha value is -2.29. The number of rotatable bonds is 5. The Balaban J connectivity index is 2.09. The summed E-state index contributed by atoms with van der Waals surface area (Å²) >= 11 is 0. The number of ether oxygens (including phenoxy) is 1. The van der Waals surface area contributed by atoms with Crippen molar-refractivity contribution in [3.05, 3.63) is 59.2 Å². The number of amides is 1. The first-order chi connectivity index (χ1) is 10.5. The molecule has 0 aromatic heterocycles. The smallest absolute Gasteiger partial charge is 0.265 e. The van der Waals surface area contributed by atoms with E-state index in [0.717, 1.165) is 28.8 Å². The van der Waals surface area contributed by atoms with E-state index in [0.29, 0.717) is 5.75 Å². The summed E-state index contributed by atoms with van der Waals surface area (Å²) in [6, 6.07) is 13.8. The molecule has 2 aromatic rings. The quantitative estimate of drug-likeness (QED) is 0.895. The molecule has 0 saturated carbocycles. The van der Waals surface area contributed by atoms with Gasteiger partial charge in [-0.2, -0.15) is 0 Å². The number of hydrogen-bond donors (Lipinski definition) is 1. The predicted molar refractivity (Wildman–Crippen MR) is 90.5 cm³/mol. The van der Waals surface area contributed by atoms with E-state index in [1.807, 2.05) is 56.3 Å². The van der Waals surface area contributed by atoms with Gasteiger partial charge in [0.05, 0.1) is 0 Å². The zero-order valence-corrected chi connectivity index (χ0v) is 13.6. The molecule has 1 unspecified atom stereocenters. The van der Waals surface area contributed by atoms with E-state index in [4.69, 9.17) is 4.74 Å². The molecule has 1 amide bonds. The van der Waals surface area contributed by atoms with Crippen LogP contribution in [-0.4, -0.2) is 12.0 Å². The van der Waals surface area contributed by atoms with Crippen LogP contribution >= 0.6 is 0 Å². The van der Waals surface area contributed by atoms with Crippen LogP contribution in [0.15, 0.2) is 42.5 Å². The number of nitrogens with one attached hydrogen (secondary N) is 1. The van der Waals surface area contributed by atoms with Gasteiger partial charge >= 0.3 is 0 Å². The van der Waals surface area contributed by atoms with Gasteiger partial charge < -0.3 is 10.1 Å². The summed E-state index contributed by atoms with van der Waals surface area (Å²) in [4.78, 5) is 12.4. The zero-order valence-electron chi connectivity index (χ0n) is 13.6. The Morgan fingerprint density at radius 3 is 2.59 bits per heavy atom. The molecule has 116 valence electrons. The highest BCUT2D eigenvalue weighted by atomic mass is 16.5. The molecule has 1 atom stereocenters. The molecule has 3 heteroatoms. The Kier molecular flexibility index (Phi) is 5.21. The first-order valence-electron chi connectivity index (χ1n) is 7.64. The van der Waals surface area contributed by atoms with Gasteiger partial charge in [-0.25, -0.2) is 0 Å². The monoisotopic (exact) mass is 297 g/mol. The molecule has 2 aromatic carbocycles. The third kappa shape index (κ3) is 3.88. The largest absolute Gasteiger partial charge is 0.481 e. The second-order valence-electron chi connectivity index (χ2n) is 5.53. The molecule has 1 N–H and O–H groups in total. The number of anilines is 1. The minimum Gasteiger partial charge on any atom is -0.481 e. The summed E-state index contributed by atoms with van der Waals surface area (Å²) in [5.41, 5.74) is 4.21. The number of benzene rings is 2. The van der Waals surface area contributed by atoms with Gasteiger partial charge in [0.1, 0.15) is 5.75 Å². The van der Waals surface area contributed by atoms with E-state index >= 15 is 0 Å². The second kappa shape index (κ2) is 7.12. The Morgan fingerprint density at radius 2 is 1.91 bits per heavy atom. The molecule has 0 fully saturated rings. The van der Waals surface area contributed by atoms with E-state index in [2.05, 4.69) is 12.2 Å². The van der Waals surface area contributed by atoms with Crippen molar-refractivity contribution in [2.75, 3.05) is 5.32 Å². The van der Waals surface area contributed by atoms with Gasteiger partial charge in [0, 0.05) is 5.69 Å². The maximum atomic E-state index is 12.4. The molecule has 22 heavy (non-hydrogen) atoms. The zero-order chi connectivity index (χ0) is 16.1. The van der Waals surface area contributed by atoms with Gasteiger partial charge in [0.25, 0.3) is 5.91 Å². The lowest BCUT2D eigenvalue weighted by Gasteiger charge is -2.18. The average Bonchev–Trinajstić information content (AvgIpc) is 2.49. The van der Waals surface area contributed by atoms with Crippen molar-refractivity contribution in [1.82, 2.24) is 0 Å². The van der Waals surface area contributed by atoms with Crippen molar-refractivity contribution < 1.29 is 9.53 Å². The van der Waals surface area contributed by atoms with Gasteiger partial charge in [-0.05, 0) is 56.0 Å². The minimum absolute atomic E-state index is 0.134. The molecule has 0 aliphatic rings. The van der Waals surface area contributed by atoms with E-state index in [1.165, 1.54) is 0 Å². The molecule has 3 nitrogen and oxygen atoms in total. The van der Waals surface area contributed by atoms with Crippen molar-refractivity contribution in [3.63, 3.8) is 0 Å². The van der Waals surface area contributed by atoms with Crippen LogP contribution in [0.4, 0.5) is 5.69 Å². The third-order valence-corrected chi connectivity index (χ3v) is 3.66. The van der Waals surface area contributed by atoms with Crippen molar-refractivity contribution in [3.8, 4) is 5.75 Å². The summed E-state index contributed by atoms with van der Waals surface area (Å²) in [7, 11) is 0. The van der Waals surface area contributed by atoms with Crippen LogP contribution < -0.4 is 10.1 Å². The molecule has 0 saturated heterocycles. The standard InChI is InChI=1S/C19H23NO2/c1-5-16-10-7-9-14(3)18(16)20-19(21)15(4)22-17-11-6-8-13(2)12-17/h6-12,15H,5H2,1-4H3,(H,20,21). The molecule has 0 spiro atoms. The molecule has 0 heterocycles. The van der Waals surface area contributed by atoms with Crippen LogP contribution in [0.1, 0.15) is 30.5 Å². The third-order valence-electron chi connectivity index (χ3n) is 3.66. The van der Waals surface area contributed by atoms with Gasteiger partial charge in [0.2, 0.25) is 0 Å². The fourth-order valence-electron chi connectivity index (χ4n) is 2.37. The van der Waals surface area contributed by atoms with E-state index in [9.17, 15) is 4.79 Å². The van der Waals surface area contributed by atoms with Crippen LogP contribution in [0.25, 0.3) is 0 Å². The maximum Gasteiger partial charge on any atom is 0.265 e. The first-order valence-corrected chi connectivity index (χ1v) is 7.64. The summed E-state index contributed by atoms with van der Waals surface area (Å²) in [5.74, 6) is 0.577. The fraction of sp³-hybridized carbons (Fsp3) is 0.316. The Morgan fingerprint density at radius 1 is 1.18 bits per heavy atom. The van der Waals surface area contributed by atoms with Gasteiger partial charge in [-0.15, -0.1) is 0 Å². The van der Waals surface area contributed by atoms with Crippen molar-refractivity contribution in [2.45, 2.75) is 40.2 Å². The number of carbonyl (C=O) groups excluding carboxylic acids is 1. The number of carbonyl (C=O) groups is 1. The van der Waals surface area contributed by atoms with Crippen molar-refractivity contribution in [1.29, 1.82) is 0 Å². The molecule has 0 aliphatic carbocycles. The van der Waals surface area contributed by atoms with Crippen LogP contribution in [-0.2, 0) is 11.2 Å². The van der Waals surface area contributed by atoms with Gasteiger partial charge in [0.15, 0.2) is 6.10 Å². The molecular weight excluding hydrogens is 274 g/mol. The van der Waals surface area contributed by atoms with Crippen LogP contribution in [0.5, 0.6) is 5.75 Å². The van der Waals surface area contributed by atoms with Gasteiger partial charge in [-0.1, -0.05) is 37.3 Å². The lowest BCUT2D eigenvalue weighted by Crippen LogP contribution is -2.30. The number of para-hydroxylation sites is 1. The van der Waals surface area contributed by atoms with E-state index in [-0.39, 0.29) is 5.91 Å². The lowest BCUT2D eigenvalue weighted by molar-refractivity contribution is -0.122. The Labute approximate surface area is 132 Å². The molecule has 0 radical (unpaired) electrons. The summed E-state index contributed by atoms with van der Waals surface area (Å²) < 4.78 is 5.73. The maximum absolute atomic E-state index is 12.4. The predicted octanol–water partition coefficient (Wildman–Crippen LogP) is 4.27.